The van der Waals surface area contributed by atoms with Gasteiger partial charge in [-0.1, -0.05) is 0 Å². The van der Waals surface area contributed by atoms with E-state index in [1.54, 1.807) is 13.1 Å². The van der Waals surface area contributed by atoms with Gasteiger partial charge in [-0.3, -0.25) is 13.9 Å². The molecule has 2 aromatic heterocycles. The lowest BCUT2D eigenvalue weighted by Crippen LogP contribution is -2.37. The number of hydrogen-bond donors (Lipinski definition) is 2. The summed E-state index contributed by atoms with van der Waals surface area (Å²) < 4.78 is 2.39. The number of nitrogens with zero attached hydrogens (tertiary/aromatic N) is 3. The molecule has 16 heavy (non-hydrogen) atoms. The molecule has 0 bridgehead atoms. The van der Waals surface area contributed by atoms with Gasteiger partial charge in [-0.15, -0.1) is 0 Å². The zero-order valence-corrected chi connectivity index (χ0v) is 8.89. The fourth-order valence-electron chi connectivity index (χ4n) is 1.63. The van der Waals surface area contributed by atoms with E-state index in [2.05, 4.69) is 10.4 Å². The van der Waals surface area contributed by atoms with Crippen molar-refractivity contribution in [1.82, 2.24) is 14.1 Å². The molecule has 0 fully saturated rings. The van der Waals surface area contributed by atoms with Gasteiger partial charge in [-0.05, 0) is 6.07 Å². The largest absolute Gasteiger partial charge is 0.330 e. The Hall–Kier alpha value is -2.15. The number of pyridine rings is 1. The van der Waals surface area contributed by atoms with Crippen molar-refractivity contribution in [1.29, 1.82) is 0 Å². The smallest absolute Gasteiger partial charge is 0.308 e. The van der Waals surface area contributed by atoms with Gasteiger partial charge >= 0.3 is 5.69 Å². The van der Waals surface area contributed by atoms with Gasteiger partial charge in [-0.25, -0.2) is 15.6 Å². The van der Waals surface area contributed by atoms with E-state index in [1.807, 2.05) is 0 Å². The summed E-state index contributed by atoms with van der Waals surface area (Å²) in [6.07, 6.45) is 1.48. The SMILES string of the molecule is Cn1c(=O)c2c(NN)nccc2n(C)c1=O. The Morgan fingerprint density at radius 1 is 1.31 bits per heavy atom. The zero-order valence-electron chi connectivity index (χ0n) is 8.89. The molecular weight excluding hydrogens is 210 g/mol. The number of aryl methyl sites for hydroxylation is 1. The van der Waals surface area contributed by atoms with Crippen LogP contribution < -0.4 is 22.5 Å². The van der Waals surface area contributed by atoms with Crippen LogP contribution in [0.5, 0.6) is 0 Å². The van der Waals surface area contributed by atoms with Gasteiger partial charge in [0.2, 0.25) is 0 Å². The van der Waals surface area contributed by atoms with Crippen molar-refractivity contribution in [3.8, 4) is 0 Å². The van der Waals surface area contributed by atoms with Crippen molar-refractivity contribution >= 4 is 16.7 Å². The summed E-state index contributed by atoms with van der Waals surface area (Å²) in [5.74, 6) is 5.53. The second kappa shape index (κ2) is 3.46. The highest BCUT2D eigenvalue weighted by molar-refractivity contribution is 5.88. The second-order valence-electron chi connectivity index (χ2n) is 3.40. The predicted molar refractivity (Wildman–Crippen MR) is 60.0 cm³/mol. The van der Waals surface area contributed by atoms with Crippen LogP contribution in [0.4, 0.5) is 5.82 Å². The van der Waals surface area contributed by atoms with E-state index in [0.717, 1.165) is 4.57 Å². The van der Waals surface area contributed by atoms with Gasteiger partial charge < -0.3 is 5.43 Å². The summed E-state index contributed by atoms with van der Waals surface area (Å²) in [6, 6.07) is 1.60. The first-order valence-corrected chi connectivity index (χ1v) is 4.59. The number of rotatable bonds is 1. The van der Waals surface area contributed by atoms with Crippen LogP contribution in [0, 0.1) is 0 Å². The van der Waals surface area contributed by atoms with Crippen molar-refractivity contribution in [3.63, 3.8) is 0 Å². The molecule has 0 aliphatic carbocycles. The van der Waals surface area contributed by atoms with Crippen molar-refractivity contribution in [3.05, 3.63) is 33.1 Å². The summed E-state index contributed by atoms with van der Waals surface area (Å²) in [4.78, 5) is 27.5. The summed E-state index contributed by atoms with van der Waals surface area (Å²) >= 11 is 0. The van der Waals surface area contributed by atoms with E-state index in [9.17, 15) is 9.59 Å². The molecule has 2 rings (SSSR count). The molecule has 0 unspecified atom stereocenters. The second-order valence-corrected chi connectivity index (χ2v) is 3.40. The Morgan fingerprint density at radius 3 is 2.62 bits per heavy atom. The minimum Gasteiger partial charge on any atom is -0.308 e. The number of nitrogens with one attached hydrogen (secondary N) is 1. The van der Waals surface area contributed by atoms with Crippen LogP contribution >= 0.6 is 0 Å². The Balaban J connectivity index is 3.15. The van der Waals surface area contributed by atoms with E-state index >= 15 is 0 Å². The maximum absolute atomic E-state index is 11.9. The van der Waals surface area contributed by atoms with Crippen molar-refractivity contribution in [2.75, 3.05) is 5.43 Å². The number of anilines is 1. The van der Waals surface area contributed by atoms with E-state index in [4.69, 9.17) is 5.84 Å². The molecule has 0 spiro atoms. The summed E-state index contributed by atoms with van der Waals surface area (Å²) in [5, 5.41) is 0.301. The van der Waals surface area contributed by atoms with Crippen LogP contribution in [0.1, 0.15) is 0 Å². The first kappa shape index (κ1) is 10.4. The molecule has 7 nitrogen and oxygen atoms in total. The molecule has 3 N–H and O–H groups in total. The van der Waals surface area contributed by atoms with Gasteiger partial charge in [0.1, 0.15) is 5.39 Å². The molecule has 0 aromatic carbocycles. The summed E-state index contributed by atoms with van der Waals surface area (Å²) in [6.45, 7) is 0. The molecule has 7 heteroatoms. The number of hydrogen-bond acceptors (Lipinski definition) is 5. The van der Waals surface area contributed by atoms with Gasteiger partial charge in [0.15, 0.2) is 5.82 Å². The number of aromatic nitrogens is 3. The van der Waals surface area contributed by atoms with Crippen LogP contribution in [0.15, 0.2) is 21.9 Å². The van der Waals surface area contributed by atoms with Crippen LogP contribution in [-0.2, 0) is 14.1 Å². The van der Waals surface area contributed by atoms with Crippen LogP contribution in [0.2, 0.25) is 0 Å². The molecule has 2 aromatic rings. The van der Waals surface area contributed by atoms with Gasteiger partial charge in [0.25, 0.3) is 5.56 Å². The molecule has 0 amide bonds. The van der Waals surface area contributed by atoms with Crippen molar-refractivity contribution in [2.24, 2.45) is 19.9 Å². The van der Waals surface area contributed by atoms with Crippen LogP contribution in [0.25, 0.3) is 10.9 Å². The lowest BCUT2D eigenvalue weighted by molar-refractivity contribution is 0.713. The molecule has 0 saturated carbocycles. The molecule has 0 saturated heterocycles. The standard InChI is InChI=1S/C9H11N5O2/c1-13-5-3-4-11-7(12-10)6(5)8(15)14(2)9(13)16/h3-4H,10H2,1-2H3,(H,11,12). The lowest BCUT2D eigenvalue weighted by atomic mass is 10.3. The van der Waals surface area contributed by atoms with Crippen LogP contribution in [-0.4, -0.2) is 14.1 Å². The first-order valence-electron chi connectivity index (χ1n) is 4.59. The maximum atomic E-state index is 11.9. The molecular formula is C9H11N5O2. The number of fused-ring (bicyclic) bond motifs is 1. The Bertz CT molecular complexity index is 670. The highest BCUT2D eigenvalue weighted by Crippen LogP contribution is 2.13. The fourth-order valence-corrected chi connectivity index (χ4v) is 1.63. The first-order chi connectivity index (χ1) is 7.57. The third-order valence-electron chi connectivity index (χ3n) is 2.52. The van der Waals surface area contributed by atoms with E-state index < -0.39 is 5.56 Å². The molecule has 0 atom stereocenters. The van der Waals surface area contributed by atoms with Gasteiger partial charge in [0, 0.05) is 20.3 Å². The van der Waals surface area contributed by atoms with Gasteiger partial charge in [0.05, 0.1) is 5.52 Å². The third kappa shape index (κ3) is 1.22. The Labute approximate surface area is 90.1 Å². The van der Waals surface area contributed by atoms with Gasteiger partial charge in [-0.2, -0.15) is 0 Å². The highest BCUT2D eigenvalue weighted by atomic mass is 16.2. The van der Waals surface area contributed by atoms with E-state index in [0.29, 0.717) is 10.9 Å². The maximum Gasteiger partial charge on any atom is 0.330 e. The summed E-state index contributed by atoms with van der Waals surface area (Å²) in [5.41, 5.74) is 2.04. The van der Waals surface area contributed by atoms with Crippen LogP contribution in [0.3, 0.4) is 0 Å². The third-order valence-corrected chi connectivity index (χ3v) is 2.52. The van der Waals surface area contributed by atoms with Crippen molar-refractivity contribution < 1.29 is 0 Å². The Kier molecular flexibility index (Phi) is 2.24. The topological polar surface area (TPSA) is 94.9 Å². The Morgan fingerprint density at radius 2 is 2.00 bits per heavy atom. The van der Waals surface area contributed by atoms with Crippen molar-refractivity contribution in [2.45, 2.75) is 0 Å². The number of nitrogens with two attached hydrogens (primary N) is 1. The number of hydrazine groups is 1. The fraction of sp³-hybridized carbons (Fsp3) is 0.222. The molecule has 84 valence electrons. The average molecular weight is 221 g/mol. The minimum atomic E-state index is -0.417. The molecule has 2 heterocycles. The number of nitrogen functional groups attached to an aromatic ring is 1. The molecule has 0 aliphatic rings. The molecule has 0 radical (unpaired) electrons. The lowest BCUT2D eigenvalue weighted by Gasteiger charge is -2.09. The summed E-state index contributed by atoms with van der Waals surface area (Å²) in [7, 11) is 3.00. The highest BCUT2D eigenvalue weighted by Gasteiger charge is 2.11. The quantitative estimate of drug-likeness (QED) is 0.471. The zero-order chi connectivity index (χ0) is 11.9. The van der Waals surface area contributed by atoms with E-state index in [-0.39, 0.29) is 11.5 Å². The average Bonchev–Trinajstić information content (AvgIpc) is 2.32. The predicted octanol–water partition coefficient (Wildman–Crippen LogP) is -1.08. The normalized spacial score (nSPS) is 10.7. The molecule has 0 aliphatic heterocycles. The minimum absolute atomic E-state index is 0.258. The monoisotopic (exact) mass is 221 g/mol. The van der Waals surface area contributed by atoms with E-state index in [1.165, 1.54) is 17.8 Å².